The van der Waals surface area contributed by atoms with Gasteiger partial charge < -0.3 is 25.4 Å². The van der Waals surface area contributed by atoms with Gasteiger partial charge in [0.05, 0.1) is 6.61 Å². The fraction of sp³-hybridized carbons (Fsp3) is 0.464. The van der Waals surface area contributed by atoms with Gasteiger partial charge in [0, 0.05) is 12.2 Å². The molecule has 0 aliphatic rings. The number of anilines is 1. The van der Waals surface area contributed by atoms with Crippen LogP contribution in [0.4, 0.5) is 10.5 Å². The lowest BCUT2D eigenvalue weighted by atomic mass is 9.98. The summed E-state index contributed by atoms with van der Waals surface area (Å²) in [6.07, 6.45) is -0.256. The molecular weight excluding hydrogens is 458 g/mol. The molecule has 0 saturated heterocycles. The van der Waals surface area contributed by atoms with Crippen LogP contribution in [0.2, 0.25) is 0 Å². The lowest BCUT2D eigenvalue weighted by Crippen LogP contribution is -2.54. The molecule has 0 bridgehead atoms. The van der Waals surface area contributed by atoms with Gasteiger partial charge in [0.15, 0.2) is 0 Å². The molecule has 0 heterocycles. The summed E-state index contributed by atoms with van der Waals surface area (Å²) in [6.45, 7) is 12.4. The van der Waals surface area contributed by atoms with Gasteiger partial charge in [-0.25, -0.2) is 4.79 Å². The number of nitrogens with zero attached hydrogens (tertiary/aromatic N) is 1. The number of benzene rings is 2. The largest absolute Gasteiger partial charge is 0.444 e. The third-order valence-electron chi connectivity index (χ3n) is 5.73. The fourth-order valence-electron chi connectivity index (χ4n) is 3.76. The van der Waals surface area contributed by atoms with Crippen LogP contribution < -0.4 is 10.6 Å². The molecule has 0 spiro atoms. The first-order valence-electron chi connectivity index (χ1n) is 12.2. The van der Waals surface area contributed by atoms with Gasteiger partial charge >= 0.3 is 6.09 Å². The highest BCUT2D eigenvalue weighted by Crippen LogP contribution is 2.27. The van der Waals surface area contributed by atoms with Crippen LogP contribution in [0.5, 0.6) is 0 Å². The van der Waals surface area contributed by atoms with E-state index < -0.39 is 36.3 Å². The summed E-state index contributed by atoms with van der Waals surface area (Å²) in [5, 5.41) is 15.4. The summed E-state index contributed by atoms with van der Waals surface area (Å²) in [7, 11) is 0. The highest BCUT2D eigenvalue weighted by Gasteiger charge is 2.36. The van der Waals surface area contributed by atoms with Gasteiger partial charge in [-0.05, 0) is 76.3 Å². The molecule has 2 aromatic rings. The van der Waals surface area contributed by atoms with Crippen molar-refractivity contribution in [2.75, 3.05) is 18.5 Å². The number of aryl methyl sites for hydroxylation is 3. The molecule has 196 valence electrons. The minimum absolute atomic E-state index is 0.240. The Morgan fingerprint density at radius 2 is 1.67 bits per heavy atom. The van der Waals surface area contributed by atoms with E-state index in [1.807, 2.05) is 64.1 Å². The topological polar surface area (TPSA) is 108 Å². The van der Waals surface area contributed by atoms with Crippen LogP contribution in [0.1, 0.15) is 62.4 Å². The Bertz CT molecular complexity index is 1080. The summed E-state index contributed by atoms with van der Waals surface area (Å²) in [6, 6.07) is 10.8. The number of rotatable bonds is 9. The van der Waals surface area contributed by atoms with Gasteiger partial charge in [0.25, 0.3) is 5.91 Å². The monoisotopic (exact) mass is 497 g/mol. The van der Waals surface area contributed by atoms with E-state index in [1.165, 1.54) is 4.90 Å². The molecule has 2 atom stereocenters. The van der Waals surface area contributed by atoms with Crippen LogP contribution in [0.25, 0.3) is 0 Å². The van der Waals surface area contributed by atoms with Crippen LogP contribution >= 0.6 is 0 Å². The minimum atomic E-state index is -1.27. The van der Waals surface area contributed by atoms with Gasteiger partial charge in [-0.1, -0.05) is 43.3 Å². The maximum atomic E-state index is 13.7. The molecule has 3 N–H and O–H groups in total. The maximum Gasteiger partial charge on any atom is 0.408 e. The summed E-state index contributed by atoms with van der Waals surface area (Å²) in [5.74, 6) is -0.961. The van der Waals surface area contributed by atoms with Gasteiger partial charge in [0.1, 0.15) is 17.7 Å². The molecule has 3 amide bonds. The standard InChI is InChI=1S/C28H39N3O5/c1-8-15-31(26(34)23(17-32)30-27(35)36-28(5,6)7)24(21-14-13-18(2)20(4)16-21)25(33)29-22-12-10-9-11-19(22)3/h9-14,16,23-24,32H,8,15,17H2,1-7H3,(H,29,33)(H,30,35). The summed E-state index contributed by atoms with van der Waals surface area (Å²) < 4.78 is 5.26. The molecule has 0 aromatic heterocycles. The van der Waals surface area contributed by atoms with Gasteiger partial charge in [0.2, 0.25) is 5.91 Å². The highest BCUT2D eigenvalue weighted by molar-refractivity contribution is 5.99. The van der Waals surface area contributed by atoms with Crippen molar-refractivity contribution in [3.05, 3.63) is 64.7 Å². The van der Waals surface area contributed by atoms with E-state index in [1.54, 1.807) is 26.8 Å². The van der Waals surface area contributed by atoms with Crippen molar-refractivity contribution >= 4 is 23.6 Å². The molecular formula is C28H39N3O5. The average molecular weight is 498 g/mol. The second-order valence-electron chi connectivity index (χ2n) is 9.96. The number of amides is 3. The lowest BCUT2D eigenvalue weighted by Gasteiger charge is -2.34. The number of nitrogens with one attached hydrogen (secondary N) is 2. The zero-order chi connectivity index (χ0) is 27.0. The maximum absolute atomic E-state index is 13.7. The summed E-state index contributed by atoms with van der Waals surface area (Å²) >= 11 is 0. The summed E-state index contributed by atoms with van der Waals surface area (Å²) in [5.41, 5.74) is 3.44. The number of aliphatic hydroxyl groups is 1. The molecule has 8 nitrogen and oxygen atoms in total. The Kier molecular flexibility index (Phi) is 10.0. The molecule has 0 radical (unpaired) electrons. The molecule has 36 heavy (non-hydrogen) atoms. The molecule has 2 rings (SSSR count). The Morgan fingerprint density at radius 1 is 1.00 bits per heavy atom. The third-order valence-corrected chi connectivity index (χ3v) is 5.73. The highest BCUT2D eigenvalue weighted by atomic mass is 16.6. The van der Waals surface area contributed by atoms with Crippen LogP contribution in [0.15, 0.2) is 42.5 Å². The normalized spacial score (nSPS) is 12.9. The molecule has 2 aromatic carbocycles. The number of aliphatic hydroxyl groups excluding tert-OH is 1. The first-order chi connectivity index (χ1) is 16.9. The van der Waals surface area contributed by atoms with E-state index in [4.69, 9.17) is 4.74 Å². The van der Waals surface area contributed by atoms with Gasteiger partial charge in [-0.2, -0.15) is 0 Å². The zero-order valence-corrected chi connectivity index (χ0v) is 22.3. The summed E-state index contributed by atoms with van der Waals surface area (Å²) in [4.78, 5) is 41.2. The van der Waals surface area contributed by atoms with E-state index in [9.17, 15) is 19.5 Å². The SMILES string of the molecule is CCCN(C(=O)C(CO)NC(=O)OC(C)(C)C)C(C(=O)Nc1ccccc1C)c1ccc(C)c(C)c1. The van der Waals surface area contributed by atoms with Crippen LogP contribution in [-0.4, -0.2) is 52.7 Å². The van der Waals surface area contributed by atoms with E-state index >= 15 is 0 Å². The first-order valence-corrected chi connectivity index (χ1v) is 12.2. The Morgan fingerprint density at radius 3 is 2.22 bits per heavy atom. The van der Waals surface area contributed by atoms with Crippen molar-refractivity contribution in [3.8, 4) is 0 Å². The number of hydrogen-bond acceptors (Lipinski definition) is 5. The molecule has 8 heteroatoms. The quantitative estimate of drug-likeness (QED) is 0.475. The number of carbonyl (C=O) groups is 3. The lowest BCUT2D eigenvalue weighted by molar-refractivity contribution is -0.141. The van der Waals surface area contributed by atoms with E-state index in [0.717, 1.165) is 16.7 Å². The Balaban J connectivity index is 2.48. The zero-order valence-electron chi connectivity index (χ0n) is 22.3. The predicted octanol–water partition coefficient (Wildman–Crippen LogP) is 4.42. The van der Waals surface area contributed by atoms with Crippen molar-refractivity contribution in [2.45, 2.75) is 72.6 Å². The van der Waals surface area contributed by atoms with Crippen LogP contribution in [0, 0.1) is 20.8 Å². The number of ether oxygens (including phenoxy) is 1. The fourth-order valence-corrected chi connectivity index (χ4v) is 3.76. The first kappa shape index (κ1) is 28.8. The van der Waals surface area contributed by atoms with Crippen LogP contribution in [-0.2, 0) is 14.3 Å². The van der Waals surface area contributed by atoms with E-state index in [0.29, 0.717) is 17.7 Å². The predicted molar refractivity (Wildman–Crippen MR) is 141 cm³/mol. The second kappa shape index (κ2) is 12.5. The Labute approximate surface area is 214 Å². The smallest absolute Gasteiger partial charge is 0.408 e. The minimum Gasteiger partial charge on any atom is -0.444 e. The van der Waals surface area contributed by atoms with E-state index in [2.05, 4.69) is 10.6 Å². The van der Waals surface area contributed by atoms with Crippen molar-refractivity contribution in [2.24, 2.45) is 0 Å². The van der Waals surface area contributed by atoms with Crippen molar-refractivity contribution in [1.29, 1.82) is 0 Å². The number of alkyl carbamates (subject to hydrolysis) is 1. The second-order valence-corrected chi connectivity index (χ2v) is 9.96. The Hall–Kier alpha value is -3.39. The number of para-hydroxylation sites is 1. The van der Waals surface area contributed by atoms with Crippen LogP contribution in [0.3, 0.4) is 0 Å². The van der Waals surface area contributed by atoms with Crippen molar-refractivity contribution < 1.29 is 24.2 Å². The number of carbonyl (C=O) groups excluding carboxylic acids is 3. The molecule has 0 aliphatic carbocycles. The molecule has 0 saturated carbocycles. The van der Waals surface area contributed by atoms with Gasteiger partial charge in [-0.3, -0.25) is 9.59 Å². The molecule has 0 aliphatic heterocycles. The van der Waals surface area contributed by atoms with Crippen molar-refractivity contribution in [1.82, 2.24) is 10.2 Å². The molecule has 0 fully saturated rings. The van der Waals surface area contributed by atoms with E-state index in [-0.39, 0.29) is 12.5 Å². The third kappa shape index (κ3) is 7.81. The number of hydrogen-bond donors (Lipinski definition) is 3. The van der Waals surface area contributed by atoms with Gasteiger partial charge in [-0.15, -0.1) is 0 Å². The average Bonchev–Trinajstić information content (AvgIpc) is 2.79. The van der Waals surface area contributed by atoms with Crippen molar-refractivity contribution in [3.63, 3.8) is 0 Å². The molecule has 2 unspecified atom stereocenters.